The van der Waals surface area contributed by atoms with Gasteiger partial charge in [-0.2, -0.15) is 0 Å². The Morgan fingerprint density at radius 1 is 1.47 bits per heavy atom. The third-order valence-corrected chi connectivity index (χ3v) is 3.04. The molecule has 1 N–H and O–H groups in total. The molecule has 2 unspecified atom stereocenters. The summed E-state index contributed by atoms with van der Waals surface area (Å²) in [4.78, 5) is 2.35. The highest BCUT2D eigenvalue weighted by atomic mass is 16.5. The molecule has 15 heavy (non-hydrogen) atoms. The van der Waals surface area contributed by atoms with Crippen molar-refractivity contribution in [1.29, 1.82) is 0 Å². The van der Waals surface area contributed by atoms with Crippen LogP contribution in [0.1, 0.15) is 33.6 Å². The first-order chi connectivity index (χ1) is 7.11. The highest BCUT2D eigenvalue weighted by molar-refractivity contribution is 4.76. The van der Waals surface area contributed by atoms with E-state index in [1.54, 1.807) is 0 Å². The van der Waals surface area contributed by atoms with Gasteiger partial charge in [0.1, 0.15) is 0 Å². The van der Waals surface area contributed by atoms with Gasteiger partial charge >= 0.3 is 0 Å². The van der Waals surface area contributed by atoms with Gasteiger partial charge in [-0.05, 0) is 32.7 Å². The second kappa shape index (κ2) is 6.46. The van der Waals surface area contributed by atoms with Gasteiger partial charge in [0.2, 0.25) is 0 Å². The van der Waals surface area contributed by atoms with Crippen LogP contribution in [0.25, 0.3) is 0 Å². The van der Waals surface area contributed by atoms with Gasteiger partial charge < -0.3 is 14.7 Å². The predicted molar refractivity (Wildman–Crippen MR) is 61.9 cm³/mol. The first-order valence-corrected chi connectivity index (χ1v) is 6.13. The fourth-order valence-corrected chi connectivity index (χ4v) is 2.07. The topological polar surface area (TPSA) is 32.7 Å². The summed E-state index contributed by atoms with van der Waals surface area (Å²) in [5.41, 5.74) is 0. The molecule has 0 spiro atoms. The molecule has 0 aromatic rings. The number of β-amino-alcohol motifs (C(OH)–C–C–N with tert-alkyl or cyclic N) is 1. The second-order valence-electron chi connectivity index (χ2n) is 4.86. The maximum absolute atomic E-state index is 9.75. The zero-order chi connectivity index (χ0) is 11.3. The SMILES string of the molecule is CCC1CCN(CC(O)COC(C)C)C1. The molecule has 0 amide bonds. The van der Waals surface area contributed by atoms with Crippen LogP contribution < -0.4 is 0 Å². The van der Waals surface area contributed by atoms with E-state index < -0.39 is 0 Å². The lowest BCUT2D eigenvalue weighted by atomic mass is 10.1. The zero-order valence-corrected chi connectivity index (χ0v) is 10.3. The summed E-state index contributed by atoms with van der Waals surface area (Å²) in [6.45, 7) is 9.75. The van der Waals surface area contributed by atoms with Crippen molar-refractivity contribution in [3.63, 3.8) is 0 Å². The predicted octanol–water partition coefficient (Wildman–Crippen LogP) is 1.50. The standard InChI is InChI=1S/C12H25NO2/c1-4-11-5-6-13(7-11)8-12(14)9-15-10(2)3/h10-12,14H,4-9H2,1-3H3. The molecule has 1 rings (SSSR count). The summed E-state index contributed by atoms with van der Waals surface area (Å²) in [7, 11) is 0. The van der Waals surface area contributed by atoms with E-state index in [0.717, 1.165) is 25.6 Å². The molecular formula is C12H25NO2. The molecule has 3 nitrogen and oxygen atoms in total. The van der Waals surface area contributed by atoms with Gasteiger partial charge in [-0.1, -0.05) is 13.3 Å². The molecule has 0 saturated carbocycles. The Hall–Kier alpha value is -0.120. The van der Waals surface area contributed by atoms with Crippen molar-refractivity contribution < 1.29 is 9.84 Å². The Balaban J connectivity index is 2.13. The van der Waals surface area contributed by atoms with E-state index in [4.69, 9.17) is 4.74 Å². The van der Waals surface area contributed by atoms with Crippen molar-refractivity contribution in [2.45, 2.75) is 45.8 Å². The van der Waals surface area contributed by atoms with Crippen LogP contribution in [0.5, 0.6) is 0 Å². The van der Waals surface area contributed by atoms with Crippen LogP contribution in [0, 0.1) is 5.92 Å². The second-order valence-corrected chi connectivity index (χ2v) is 4.86. The Bertz CT molecular complexity index is 173. The van der Waals surface area contributed by atoms with Crippen LogP contribution >= 0.6 is 0 Å². The largest absolute Gasteiger partial charge is 0.389 e. The molecule has 1 aliphatic rings. The number of likely N-dealkylation sites (tertiary alicyclic amines) is 1. The highest BCUT2D eigenvalue weighted by Gasteiger charge is 2.22. The number of hydrogen-bond donors (Lipinski definition) is 1. The molecule has 2 atom stereocenters. The number of rotatable bonds is 6. The maximum Gasteiger partial charge on any atom is 0.0900 e. The third kappa shape index (κ3) is 4.96. The Labute approximate surface area is 93.4 Å². The van der Waals surface area contributed by atoms with Gasteiger partial charge in [0.15, 0.2) is 0 Å². The maximum atomic E-state index is 9.75. The summed E-state index contributed by atoms with van der Waals surface area (Å²) in [5, 5.41) is 9.75. The summed E-state index contributed by atoms with van der Waals surface area (Å²) in [5.74, 6) is 0.836. The van der Waals surface area contributed by atoms with Crippen molar-refractivity contribution in [2.24, 2.45) is 5.92 Å². The summed E-state index contributed by atoms with van der Waals surface area (Å²) in [6.07, 6.45) is 2.42. The number of nitrogens with zero attached hydrogens (tertiary/aromatic N) is 1. The molecule has 0 bridgehead atoms. The zero-order valence-electron chi connectivity index (χ0n) is 10.3. The van der Waals surface area contributed by atoms with E-state index in [-0.39, 0.29) is 12.2 Å². The fraction of sp³-hybridized carbons (Fsp3) is 1.00. The molecule has 1 saturated heterocycles. The number of aliphatic hydroxyl groups is 1. The minimum Gasteiger partial charge on any atom is -0.389 e. The quantitative estimate of drug-likeness (QED) is 0.729. The van der Waals surface area contributed by atoms with Crippen LogP contribution in [0.4, 0.5) is 0 Å². The van der Waals surface area contributed by atoms with Crippen LogP contribution in [0.3, 0.4) is 0 Å². The minimum atomic E-state index is -0.331. The molecule has 90 valence electrons. The van der Waals surface area contributed by atoms with Gasteiger partial charge in [0, 0.05) is 13.1 Å². The van der Waals surface area contributed by atoms with E-state index in [1.165, 1.54) is 12.8 Å². The molecule has 0 aliphatic carbocycles. The molecular weight excluding hydrogens is 190 g/mol. The molecule has 0 radical (unpaired) electrons. The normalized spacial score (nSPS) is 25.0. The van der Waals surface area contributed by atoms with Gasteiger partial charge in [-0.25, -0.2) is 0 Å². The van der Waals surface area contributed by atoms with Gasteiger partial charge in [0.25, 0.3) is 0 Å². The van der Waals surface area contributed by atoms with Crippen LogP contribution in [-0.4, -0.2) is 48.5 Å². The fourth-order valence-electron chi connectivity index (χ4n) is 2.07. The first-order valence-electron chi connectivity index (χ1n) is 6.13. The molecule has 1 fully saturated rings. The molecule has 1 heterocycles. The number of ether oxygens (including phenoxy) is 1. The van der Waals surface area contributed by atoms with E-state index in [1.807, 2.05) is 13.8 Å². The van der Waals surface area contributed by atoms with Crippen molar-refractivity contribution in [2.75, 3.05) is 26.2 Å². The van der Waals surface area contributed by atoms with E-state index >= 15 is 0 Å². The summed E-state index contributed by atoms with van der Waals surface area (Å²) < 4.78 is 5.39. The Kier molecular flexibility index (Phi) is 5.58. The highest BCUT2D eigenvalue weighted by Crippen LogP contribution is 2.18. The van der Waals surface area contributed by atoms with Crippen molar-refractivity contribution >= 4 is 0 Å². The van der Waals surface area contributed by atoms with Crippen LogP contribution in [0.15, 0.2) is 0 Å². The smallest absolute Gasteiger partial charge is 0.0900 e. The average molecular weight is 215 g/mol. The van der Waals surface area contributed by atoms with Gasteiger partial charge in [-0.15, -0.1) is 0 Å². The van der Waals surface area contributed by atoms with Gasteiger partial charge in [-0.3, -0.25) is 0 Å². The monoisotopic (exact) mass is 215 g/mol. The number of hydrogen-bond acceptors (Lipinski definition) is 3. The summed E-state index contributed by atoms with van der Waals surface area (Å²) in [6, 6.07) is 0. The van der Waals surface area contributed by atoms with E-state index in [0.29, 0.717) is 6.61 Å². The first kappa shape index (κ1) is 12.9. The third-order valence-electron chi connectivity index (χ3n) is 3.04. The Morgan fingerprint density at radius 3 is 2.73 bits per heavy atom. The van der Waals surface area contributed by atoms with E-state index in [9.17, 15) is 5.11 Å². The van der Waals surface area contributed by atoms with Gasteiger partial charge in [0.05, 0.1) is 18.8 Å². The summed E-state index contributed by atoms with van der Waals surface area (Å²) >= 11 is 0. The lowest BCUT2D eigenvalue weighted by Crippen LogP contribution is -2.34. The van der Waals surface area contributed by atoms with Crippen molar-refractivity contribution in [3.8, 4) is 0 Å². The van der Waals surface area contributed by atoms with E-state index in [2.05, 4.69) is 11.8 Å². The molecule has 0 aromatic carbocycles. The molecule has 0 aromatic heterocycles. The lowest BCUT2D eigenvalue weighted by molar-refractivity contribution is -0.00619. The average Bonchev–Trinajstić information content (AvgIpc) is 2.62. The Morgan fingerprint density at radius 2 is 2.20 bits per heavy atom. The minimum absolute atomic E-state index is 0.210. The number of aliphatic hydroxyl groups excluding tert-OH is 1. The van der Waals surface area contributed by atoms with Crippen molar-refractivity contribution in [3.05, 3.63) is 0 Å². The molecule has 1 aliphatic heterocycles. The van der Waals surface area contributed by atoms with Crippen LogP contribution in [-0.2, 0) is 4.74 Å². The molecule has 3 heteroatoms. The van der Waals surface area contributed by atoms with Crippen molar-refractivity contribution in [1.82, 2.24) is 4.90 Å². The lowest BCUT2D eigenvalue weighted by Gasteiger charge is -2.20. The van der Waals surface area contributed by atoms with Crippen LogP contribution in [0.2, 0.25) is 0 Å².